The molecule has 0 aliphatic carbocycles. The third-order valence-corrected chi connectivity index (χ3v) is 9.09. The molecule has 1 atom stereocenters. The van der Waals surface area contributed by atoms with Crippen molar-refractivity contribution in [2.24, 2.45) is 5.84 Å². The molecule has 0 spiro atoms. The van der Waals surface area contributed by atoms with Crippen molar-refractivity contribution in [2.45, 2.75) is 94.5 Å². The van der Waals surface area contributed by atoms with Gasteiger partial charge in [-0.3, -0.25) is 9.59 Å². The van der Waals surface area contributed by atoms with Gasteiger partial charge in [0, 0.05) is 31.1 Å². The highest BCUT2D eigenvalue weighted by molar-refractivity contribution is 5.98. The molecule has 1 aliphatic heterocycles. The first-order chi connectivity index (χ1) is 20.9. The molecule has 238 valence electrons. The van der Waals surface area contributed by atoms with E-state index in [1.54, 1.807) is 5.01 Å². The largest absolute Gasteiger partial charge is 0.466 e. The monoisotopic (exact) mass is 600 g/mol. The summed E-state index contributed by atoms with van der Waals surface area (Å²) >= 11 is 0. The van der Waals surface area contributed by atoms with Crippen LogP contribution in [0.25, 0.3) is 0 Å². The maximum Gasteiger partial charge on any atom is 0.306 e. The van der Waals surface area contributed by atoms with Crippen LogP contribution in [-0.2, 0) is 22.5 Å². The van der Waals surface area contributed by atoms with Crippen molar-refractivity contribution in [3.05, 3.63) is 91.5 Å². The summed E-state index contributed by atoms with van der Waals surface area (Å²) in [6.45, 7) is 22.3. The molecule has 44 heavy (non-hydrogen) atoms. The third kappa shape index (κ3) is 6.94. The summed E-state index contributed by atoms with van der Waals surface area (Å²) in [5, 5.41) is 1.63. The number of nitrogen functional groups attached to an aromatic ring is 1. The van der Waals surface area contributed by atoms with Gasteiger partial charge in [0.2, 0.25) is 0 Å². The smallest absolute Gasteiger partial charge is 0.306 e. The Labute approximate surface area is 264 Å². The van der Waals surface area contributed by atoms with Crippen LogP contribution in [0.4, 0.5) is 11.4 Å². The number of aryl methyl sites for hydroxylation is 3. The van der Waals surface area contributed by atoms with Crippen LogP contribution in [0.5, 0.6) is 0 Å². The van der Waals surface area contributed by atoms with Crippen molar-refractivity contribution in [3.8, 4) is 0 Å². The molecule has 1 unspecified atom stereocenters. The second-order valence-electron chi connectivity index (χ2n) is 11.6. The molecule has 1 amide bonds. The van der Waals surface area contributed by atoms with Crippen LogP contribution in [-0.4, -0.2) is 36.5 Å². The van der Waals surface area contributed by atoms with E-state index >= 15 is 0 Å². The zero-order valence-electron chi connectivity index (χ0n) is 28.5. The molecule has 4 N–H and O–H groups in total. The second-order valence-corrected chi connectivity index (χ2v) is 11.6. The highest BCUT2D eigenvalue weighted by atomic mass is 16.5. The Morgan fingerprint density at radius 1 is 0.932 bits per heavy atom. The van der Waals surface area contributed by atoms with Crippen LogP contribution in [0.3, 0.4) is 0 Å². The number of esters is 1. The minimum Gasteiger partial charge on any atom is -0.466 e. The number of nitrogens with two attached hydrogens (primary N) is 2. The van der Waals surface area contributed by atoms with E-state index in [9.17, 15) is 9.59 Å². The van der Waals surface area contributed by atoms with Crippen LogP contribution < -0.4 is 16.6 Å². The number of hydrogen-bond donors (Lipinski definition) is 2. The number of amides is 1. The van der Waals surface area contributed by atoms with E-state index < -0.39 is 0 Å². The van der Waals surface area contributed by atoms with Gasteiger partial charge in [-0.15, -0.1) is 0 Å². The fourth-order valence-electron chi connectivity index (χ4n) is 6.34. The van der Waals surface area contributed by atoms with Gasteiger partial charge in [-0.2, -0.15) is 0 Å². The summed E-state index contributed by atoms with van der Waals surface area (Å²) in [5.74, 6) is 5.74. The summed E-state index contributed by atoms with van der Waals surface area (Å²) < 4.78 is 5.40. The number of hydrazine groups is 1. The van der Waals surface area contributed by atoms with Crippen molar-refractivity contribution < 1.29 is 14.3 Å². The van der Waals surface area contributed by atoms with Gasteiger partial charge in [-0.1, -0.05) is 38.1 Å². The average molecular weight is 601 g/mol. The Morgan fingerprint density at radius 3 is 2.16 bits per heavy atom. The topological polar surface area (TPSA) is 102 Å². The maximum absolute atomic E-state index is 13.9. The lowest BCUT2D eigenvalue weighted by Crippen LogP contribution is -2.37. The van der Waals surface area contributed by atoms with Crippen molar-refractivity contribution in [1.29, 1.82) is 0 Å². The first-order valence-electron chi connectivity index (χ1n) is 15.9. The lowest BCUT2D eigenvalue weighted by molar-refractivity contribution is -0.143. The average Bonchev–Trinajstić information content (AvgIpc) is 3.01. The predicted molar refractivity (Wildman–Crippen MR) is 182 cm³/mol. The van der Waals surface area contributed by atoms with Crippen molar-refractivity contribution in [3.63, 3.8) is 0 Å². The van der Waals surface area contributed by atoms with Crippen LogP contribution in [0, 0.1) is 41.5 Å². The number of nitrogens with zero attached hydrogens (tertiary/aromatic N) is 2. The van der Waals surface area contributed by atoms with Crippen LogP contribution in [0.1, 0.15) is 106 Å². The van der Waals surface area contributed by atoms with Gasteiger partial charge in [0.15, 0.2) is 0 Å². The number of carbonyl (C=O) groups is 2. The Bertz CT molecular complexity index is 1500. The number of benzene rings is 3. The Kier molecular flexibility index (Phi) is 11.6. The van der Waals surface area contributed by atoms with Crippen LogP contribution in [0.15, 0.2) is 30.3 Å². The molecule has 0 aromatic heterocycles. The number of anilines is 2. The lowest BCUT2D eigenvalue weighted by atomic mass is 9.81. The van der Waals surface area contributed by atoms with Crippen LogP contribution >= 0.6 is 0 Å². The van der Waals surface area contributed by atoms with E-state index in [1.165, 1.54) is 11.1 Å². The van der Waals surface area contributed by atoms with Gasteiger partial charge in [0.05, 0.1) is 24.4 Å². The maximum atomic E-state index is 13.9. The highest BCUT2D eigenvalue weighted by Crippen LogP contribution is 2.39. The van der Waals surface area contributed by atoms with E-state index in [1.807, 2.05) is 65.5 Å². The summed E-state index contributed by atoms with van der Waals surface area (Å²) in [7, 11) is 0. The molecule has 7 heteroatoms. The Hall–Kier alpha value is -3.84. The van der Waals surface area contributed by atoms with Crippen LogP contribution in [0.2, 0.25) is 0 Å². The molecule has 7 nitrogen and oxygen atoms in total. The van der Waals surface area contributed by atoms with Gasteiger partial charge in [-0.25, -0.2) is 5.84 Å². The van der Waals surface area contributed by atoms with Crippen molar-refractivity contribution in [1.82, 2.24) is 4.90 Å². The quantitative estimate of drug-likeness (QED) is 0.123. The Balaban J connectivity index is 0.00000259. The number of hydrogen-bond acceptors (Lipinski definition) is 6. The molecular formula is C37H52N4O3. The zero-order chi connectivity index (χ0) is 32.9. The molecule has 3 aromatic rings. The zero-order valence-corrected chi connectivity index (χ0v) is 28.5. The second kappa shape index (κ2) is 14.8. The van der Waals surface area contributed by atoms with E-state index in [4.69, 9.17) is 16.3 Å². The van der Waals surface area contributed by atoms with E-state index in [-0.39, 0.29) is 24.2 Å². The van der Waals surface area contributed by atoms with Gasteiger partial charge in [0.1, 0.15) is 0 Å². The molecule has 1 aliphatic rings. The standard InChI is InChI=1S/C35H46N4O3.C2H6/c1-9-39(37)31-12-11-29(25(8)34(31)36)30(18-32(40)42-10-2)26-16-22(5)28-13-14-38(19-27(28)17-26)35(41)33-23(6)20(3)15-21(4)24(33)7;1-2/h11-12,15-17,30H,9-10,13-14,18-19,36-37H2,1-8H3;1-2H3. The first kappa shape index (κ1) is 34.6. The predicted octanol–water partition coefficient (Wildman–Crippen LogP) is 7.13. The van der Waals surface area contributed by atoms with Crippen molar-refractivity contribution >= 4 is 23.3 Å². The van der Waals surface area contributed by atoms with Gasteiger partial charge in [0.25, 0.3) is 5.91 Å². The molecule has 0 saturated carbocycles. The minimum absolute atomic E-state index is 0.0787. The molecule has 4 rings (SSSR count). The molecule has 0 saturated heterocycles. The first-order valence-corrected chi connectivity index (χ1v) is 15.9. The summed E-state index contributed by atoms with van der Waals surface area (Å²) in [6, 6.07) is 10.5. The lowest BCUT2D eigenvalue weighted by Gasteiger charge is -2.32. The number of carbonyl (C=O) groups excluding carboxylic acids is 2. The molecule has 0 radical (unpaired) electrons. The van der Waals surface area contributed by atoms with E-state index in [2.05, 4.69) is 39.0 Å². The SMILES string of the molecule is CC.CCOC(=O)CC(c1cc(C)c2c(c1)CN(C(=O)c1c(C)c(C)cc(C)c1C)CC2)c1ccc(N(N)CC)c(N)c1C. The summed E-state index contributed by atoms with van der Waals surface area (Å²) in [6.07, 6.45) is 0.984. The Morgan fingerprint density at radius 2 is 1.57 bits per heavy atom. The number of fused-ring (bicyclic) bond motifs is 1. The fraction of sp³-hybridized carbons (Fsp3) is 0.459. The number of ether oxygens (including phenoxy) is 1. The molecule has 1 heterocycles. The van der Waals surface area contributed by atoms with Gasteiger partial charge >= 0.3 is 5.97 Å². The molecule has 0 fully saturated rings. The van der Waals surface area contributed by atoms with E-state index in [0.29, 0.717) is 31.9 Å². The molecule has 3 aromatic carbocycles. The normalized spacial score (nSPS) is 13.0. The number of rotatable bonds is 8. The minimum atomic E-state index is -0.258. The van der Waals surface area contributed by atoms with Gasteiger partial charge in [-0.05, 0) is 124 Å². The van der Waals surface area contributed by atoms with Crippen molar-refractivity contribution in [2.75, 3.05) is 30.4 Å². The summed E-state index contributed by atoms with van der Waals surface area (Å²) in [4.78, 5) is 28.8. The third-order valence-electron chi connectivity index (χ3n) is 9.09. The fourth-order valence-corrected chi connectivity index (χ4v) is 6.34. The molecular weight excluding hydrogens is 548 g/mol. The van der Waals surface area contributed by atoms with Gasteiger partial charge < -0.3 is 20.4 Å². The molecule has 0 bridgehead atoms. The summed E-state index contributed by atoms with van der Waals surface area (Å²) in [5.41, 5.74) is 19.6. The van der Waals surface area contributed by atoms with E-state index in [0.717, 1.165) is 62.2 Å². The highest BCUT2D eigenvalue weighted by Gasteiger charge is 2.29.